The number of benzene rings is 1. The molecule has 1 aromatic heterocycles. The first-order valence-electron chi connectivity index (χ1n) is 6.59. The predicted molar refractivity (Wildman–Crippen MR) is 75.2 cm³/mol. The van der Waals surface area contributed by atoms with E-state index in [2.05, 4.69) is 4.98 Å². The minimum atomic E-state index is -0.751. The molecule has 114 valence electrons. The molecular formula is C14H15ClF2N2O2. The van der Waals surface area contributed by atoms with E-state index in [4.69, 9.17) is 16.3 Å². The maximum Gasteiger partial charge on any atom is 0.307 e. The summed E-state index contributed by atoms with van der Waals surface area (Å²) in [6.07, 6.45) is 0.0774. The number of esters is 1. The van der Waals surface area contributed by atoms with Gasteiger partial charge in [-0.25, -0.2) is 13.8 Å². The maximum absolute atomic E-state index is 13.8. The summed E-state index contributed by atoms with van der Waals surface area (Å²) >= 11 is 6.03. The number of ether oxygens (including phenoxy) is 1. The van der Waals surface area contributed by atoms with Crippen molar-refractivity contribution in [3.05, 3.63) is 29.6 Å². The molecule has 0 aliphatic rings. The van der Waals surface area contributed by atoms with Gasteiger partial charge in [0.15, 0.2) is 5.82 Å². The topological polar surface area (TPSA) is 44.1 Å². The molecule has 0 aliphatic carbocycles. The van der Waals surface area contributed by atoms with Crippen molar-refractivity contribution in [2.45, 2.75) is 32.2 Å². The zero-order chi connectivity index (χ0) is 15.6. The van der Waals surface area contributed by atoms with E-state index in [-0.39, 0.29) is 36.6 Å². The molecule has 0 bridgehead atoms. The van der Waals surface area contributed by atoms with Crippen molar-refractivity contribution in [3.8, 4) is 0 Å². The Balaban J connectivity index is 2.43. The number of fused-ring (bicyclic) bond motifs is 1. The fourth-order valence-electron chi connectivity index (χ4n) is 2.14. The molecule has 1 atom stereocenters. The molecule has 0 aliphatic heterocycles. The van der Waals surface area contributed by atoms with Gasteiger partial charge in [-0.1, -0.05) is 0 Å². The van der Waals surface area contributed by atoms with Crippen LogP contribution in [0, 0.1) is 11.6 Å². The molecule has 21 heavy (non-hydrogen) atoms. The Morgan fingerprint density at radius 3 is 2.81 bits per heavy atom. The number of carbonyl (C=O) groups excluding carboxylic acids is 1. The molecule has 0 fully saturated rings. The second-order valence-electron chi connectivity index (χ2n) is 4.55. The van der Waals surface area contributed by atoms with Crippen LogP contribution in [-0.2, 0) is 16.1 Å². The molecule has 1 aromatic carbocycles. The third-order valence-electron chi connectivity index (χ3n) is 3.00. The molecule has 2 aromatic rings. The number of hydrogen-bond donors (Lipinski definition) is 0. The first kappa shape index (κ1) is 15.7. The molecule has 2 rings (SSSR count). The minimum absolute atomic E-state index is 0.0442. The van der Waals surface area contributed by atoms with E-state index in [0.29, 0.717) is 5.82 Å². The van der Waals surface area contributed by atoms with Crippen molar-refractivity contribution >= 4 is 28.6 Å². The number of rotatable bonds is 5. The summed E-state index contributed by atoms with van der Waals surface area (Å²) in [5, 5.41) is -0.498. The van der Waals surface area contributed by atoms with Gasteiger partial charge in [-0.05, 0) is 19.9 Å². The van der Waals surface area contributed by atoms with Crippen LogP contribution in [0.2, 0.25) is 0 Å². The number of aryl methyl sites for hydroxylation is 1. The van der Waals surface area contributed by atoms with E-state index >= 15 is 0 Å². The maximum atomic E-state index is 13.8. The van der Waals surface area contributed by atoms with Gasteiger partial charge in [0.1, 0.15) is 17.2 Å². The Bertz CT molecular complexity index is 671. The fourth-order valence-corrected chi connectivity index (χ4v) is 2.31. The van der Waals surface area contributed by atoms with Crippen LogP contribution in [0.15, 0.2) is 12.1 Å². The van der Waals surface area contributed by atoms with Crippen LogP contribution in [0.25, 0.3) is 11.0 Å². The Labute approximate surface area is 125 Å². The molecule has 0 spiro atoms. The summed E-state index contributed by atoms with van der Waals surface area (Å²) in [7, 11) is 0. The van der Waals surface area contributed by atoms with Crippen LogP contribution >= 0.6 is 11.6 Å². The van der Waals surface area contributed by atoms with Gasteiger partial charge in [-0.15, -0.1) is 11.6 Å². The van der Waals surface area contributed by atoms with Gasteiger partial charge in [-0.2, -0.15) is 0 Å². The molecule has 0 radical (unpaired) electrons. The van der Waals surface area contributed by atoms with Gasteiger partial charge in [0.05, 0.1) is 23.9 Å². The van der Waals surface area contributed by atoms with E-state index in [0.717, 1.165) is 6.07 Å². The Morgan fingerprint density at radius 2 is 2.19 bits per heavy atom. The van der Waals surface area contributed by atoms with Crippen LogP contribution in [0.1, 0.15) is 31.5 Å². The summed E-state index contributed by atoms with van der Waals surface area (Å²) in [5.41, 5.74) is 0.321. The van der Waals surface area contributed by atoms with Gasteiger partial charge in [-0.3, -0.25) is 4.79 Å². The largest absolute Gasteiger partial charge is 0.466 e. The normalized spacial score (nSPS) is 12.6. The first-order valence-corrected chi connectivity index (χ1v) is 7.02. The number of carbonyl (C=O) groups is 1. The minimum Gasteiger partial charge on any atom is -0.466 e. The zero-order valence-electron chi connectivity index (χ0n) is 11.7. The molecule has 1 unspecified atom stereocenters. The van der Waals surface area contributed by atoms with Crippen LogP contribution in [0.5, 0.6) is 0 Å². The highest BCUT2D eigenvalue weighted by Gasteiger charge is 2.19. The summed E-state index contributed by atoms with van der Waals surface area (Å²) in [6, 6.07) is 1.95. The molecule has 0 amide bonds. The van der Waals surface area contributed by atoms with Crippen LogP contribution in [0.3, 0.4) is 0 Å². The number of alkyl halides is 1. The number of halogens is 3. The monoisotopic (exact) mass is 316 g/mol. The van der Waals surface area contributed by atoms with Gasteiger partial charge in [0, 0.05) is 12.6 Å². The second-order valence-corrected chi connectivity index (χ2v) is 5.20. The number of aromatic nitrogens is 2. The van der Waals surface area contributed by atoms with E-state index in [9.17, 15) is 13.6 Å². The summed E-state index contributed by atoms with van der Waals surface area (Å²) < 4.78 is 33.6. The highest BCUT2D eigenvalue weighted by Crippen LogP contribution is 2.27. The summed E-state index contributed by atoms with van der Waals surface area (Å²) in [4.78, 5) is 15.6. The third-order valence-corrected chi connectivity index (χ3v) is 3.20. The SMILES string of the molecule is CCOC(=O)CCn1c(C(C)Cl)nc2c(F)cc(F)cc21. The number of imidazole rings is 1. The highest BCUT2D eigenvalue weighted by molar-refractivity contribution is 6.20. The zero-order valence-corrected chi connectivity index (χ0v) is 12.5. The predicted octanol–water partition coefficient (Wildman–Crippen LogP) is 3.57. The van der Waals surface area contributed by atoms with E-state index < -0.39 is 17.0 Å². The van der Waals surface area contributed by atoms with Crippen LogP contribution in [0.4, 0.5) is 8.78 Å². The molecule has 0 saturated carbocycles. The van der Waals surface area contributed by atoms with Crippen LogP contribution < -0.4 is 0 Å². The fraction of sp³-hybridized carbons (Fsp3) is 0.429. The quantitative estimate of drug-likeness (QED) is 0.625. The molecular weight excluding hydrogens is 302 g/mol. The Hall–Kier alpha value is -1.69. The molecule has 1 heterocycles. The summed E-state index contributed by atoms with van der Waals surface area (Å²) in [5.74, 6) is -1.45. The Morgan fingerprint density at radius 1 is 1.48 bits per heavy atom. The number of nitrogens with zero attached hydrogens (tertiary/aromatic N) is 2. The van der Waals surface area contributed by atoms with Crippen molar-refractivity contribution in [2.75, 3.05) is 6.61 Å². The second kappa shape index (κ2) is 6.39. The molecule has 7 heteroatoms. The van der Waals surface area contributed by atoms with Crippen molar-refractivity contribution in [1.29, 1.82) is 0 Å². The van der Waals surface area contributed by atoms with Crippen molar-refractivity contribution in [2.24, 2.45) is 0 Å². The average molecular weight is 317 g/mol. The van der Waals surface area contributed by atoms with Gasteiger partial charge in [0.25, 0.3) is 0 Å². The first-order chi connectivity index (χ1) is 9.93. The van der Waals surface area contributed by atoms with Gasteiger partial charge < -0.3 is 9.30 Å². The van der Waals surface area contributed by atoms with E-state index in [1.807, 2.05) is 0 Å². The highest BCUT2D eigenvalue weighted by atomic mass is 35.5. The van der Waals surface area contributed by atoms with Crippen molar-refractivity contribution < 1.29 is 18.3 Å². The van der Waals surface area contributed by atoms with Gasteiger partial charge in [0.2, 0.25) is 0 Å². The molecule has 4 nitrogen and oxygen atoms in total. The Kier molecular flexibility index (Phi) is 4.77. The lowest BCUT2D eigenvalue weighted by atomic mass is 10.3. The molecule has 0 N–H and O–H groups in total. The lowest BCUT2D eigenvalue weighted by Crippen LogP contribution is -2.11. The van der Waals surface area contributed by atoms with Crippen LogP contribution in [-0.4, -0.2) is 22.1 Å². The van der Waals surface area contributed by atoms with Crippen molar-refractivity contribution in [1.82, 2.24) is 9.55 Å². The van der Waals surface area contributed by atoms with Crippen molar-refractivity contribution in [3.63, 3.8) is 0 Å². The smallest absolute Gasteiger partial charge is 0.307 e. The molecule has 0 saturated heterocycles. The third kappa shape index (κ3) is 3.32. The lowest BCUT2D eigenvalue weighted by Gasteiger charge is -2.10. The summed E-state index contributed by atoms with van der Waals surface area (Å²) in [6.45, 7) is 3.87. The van der Waals surface area contributed by atoms with E-state index in [1.54, 1.807) is 18.4 Å². The lowest BCUT2D eigenvalue weighted by molar-refractivity contribution is -0.143. The standard InChI is InChI=1S/C14H15ClF2N2O2/c1-3-21-12(20)4-5-19-11-7-9(16)6-10(17)13(11)18-14(19)8(2)15/h6-8H,3-5H2,1-2H3. The average Bonchev–Trinajstić information content (AvgIpc) is 2.76. The van der Waals surface area contributed by atoms with Gasteiger partial charge >= 0.3 is 5.97 Å². The number of hydrogen-bond acceptors (Lipinski definition) is 3. The van der Waals surface area contributed by atoms with E-state index in [1.165, 1.54) is 6.07 Å².